The van der Waals surface area contributed by atoms with E-state index in [1.54, 1.807) is 0 Å². The second-order valence-corrected chi connectivity index (χ2v) is 7.32. The molecule has 2 aromatic rings. The van der Waals surface area contributed by atoms with Crippen molar-refractivity contribution in [2.24, 2.45) is 0 Å². The summed E-state index contributed by atoms with van der Waals surface area (Å²) >= 11 is 0. The standard InChI is InChI=1S/C20H18N2O2/c23-17-19(9-13-5-1-2-6-14(13)10-19)21-18(24)20(22-17)11-15-7-3-4-8-16(15)12-20/h1-8H,9-12H2,(H,21,24)(H,22,23). The van der Waals surface area contributed by atoms with Crippen molar-refractivity contribution >= 4 is 11.8 Å². The van der Waals surface area contributed by atoms with Crippen LogP contribution in [0.1, 0.15) is 22.3 Å². The summed E-state index contributed by atoms with van der Waals surface area (Å²) in [7, 11) is 0. The number of amides is 2. The molecule has 0 saturated carbocycles. The van der Waals surface area contributed by atoms with Crippen molar-refractivity contribution in [1.29, 1.82) is 0 Å². The van der Waals surface area contributed by atoms with Gasteiger partial charge in [-0.1, -0.05) is 48.5 Å². The zero-order valence-corrected chi connectivity index (χ0v) is 13.3. The summed E-state index contributed by atoms with van der Waals surface area (Å²) in [4.78, 5) is 26.0. The largest absolute Gasteiger partial charge is 0.339 e. The molecule has 1 aliphatic heterocycles. The minimum atomic E-state index is -0.819. The van der Waals surface area contributed by atoms with Crippen LogP contribution in [-0.2, 0) is 35.3 Å². The monoisotopic (exact) mass is 318 g/mol. The smallest absolute Gasteiger partial charge is 0.247 e. The van der Waals surface area contributed by atoms with Gasteiger partial charge in [-0.15, -0.1) is 0 Å². The van der Waals surface area contributed by atoms with E-state index in [0.717, 1.165) is 22.3 Å². The van der Waals surface area contributed by atoms with Gasteiger partial charge in [0.25, 0.3) is 0 Å². The molecule has 2 spiro atoms. The first-order valence-corrected chi connectivity index (χ1v) is 8.39. The molecular formula is C20H18N2O2. The molecule has 3 aliphatic rings. The number of benzene rings is 2. The lowest BCUT2D eigenvalue weighted by Crippen LogP contribution is -2.75. The maximum Gasteiger partial charge on any atom is 0.247 e. The number of piperazine rings is 1. The fraction of sp³-hybridized carbons (Fsp3) is 0.300. The molecule has 1 saturated heterocycles. The van der Waals surface area contributed by atoms with Gasteiger partial charge in [0.1, 0.15) is 11.1 Å². The van der Waals surface area contributed by atoms with Crippen LogP contribution in [-0.4, -0.2) is 22.9 Å². The maximum atomic E-state index is 13.0. The highest BCUT2D eigenvalue weighted by atomic mass is 16.2. The first kappa shape index (κ1) is 13.8. The molecule has 1 heterocycles. The quantitative estimate of drug-likeness (QED) is 0.769. The molecule has 0 atom stereocenters. The van der Waals surface area contributed by atoms with Gasteiger partial charge in [0.15, 0.2) is 0 Å². The van der Waals surface area contributed by atoms with Crippen LogP contribution in [0.2, 0.25) is 0 Å². The summed E-state index contributed by atoms with van der Waals surface area (Å²) in [6, 6.07) is 16.1. The molecule has 24 heavy (non-hydrogen) atoms. The van der Waals surface area contributed by atoms with E-state index in [-0.39, 0.29) is 11.8 Å². The lowest BCUT2D eigenvalue weighted by atomic mass is 9.83. The van der Waals surface area contributed by atoms with Gasteiger partial charge in [0.2, 0.25) is 11.8 Å². The van der Waals surface area contributed by atoms with Crippen molar-refractivity contribution in [1.82, 2.24) is 10.6 Å². The third-order valence-electron chi connectivity index (χ3n) is 5.78. The van der Waals surface area contributed by atoms with Gasteiger partial charge in [-0.05, 0) is 22.3 Å². The highest BCUT2D eigenvalue weighted by Gasteiger charge is 2.57. The Hall–Kier alpha value is -2.62. The predicted octanol–water partition coefficient (Wildman–Crippen LogP) is 1.31. The Kier molecular flexibility index (Phi) is 2.57. The Morgan fingerprint density at radius 1 is 0.583 bits per heavy atom. The topological polar surface area (TPSA) is 58.2 Å². The molecule has 2 N–H and O–H groups in total. The van der Waals surface area contributed by atoms with Gasteiger partial charge in [-0.25, -0.2) is 0 Å². The molecule has 4 nitrogen and oxygen atoms in total. The molecule has 2 amide bonds. The molecule has 1 fully saturated rings. The minimum absolute atomic E-state index is 0.0499. The number of carbonyl (C=O) groups is 2. The number of nitrogens with one attached hydrogen (secondary N) is 2. The fourth-order valence-corrected chi connectivity index (χ4v) is 4.52. The van der Waals surface area contributed by atoms with Gasteiger partial charge in [0, 0.05) is 25.7 Å². The molecule has 120 valence electrons. The van der Waals surface area contributed by atoms with Crippen molar-refractivity contribution in [2.75, 3.05) is 0 Å². The summed E-state index contributed by atoms with van der Waals surface area (Å²) in [6.07, 6.45) is 2.29. The van der Waals surface area contributed by atoms with Crippen LogP contribution in [0.25, 0.3) is 0 Å². The molecule has 0 radical (unpaired) electrons. The molecule has 2 aliphatic carbocycles. The van der Waals surface area contributed by atoms with E-state index in [2.05, 4.69) is 10.6 Å². The summed E-state index contributed by atoms with van der Waals surface area (Å²) < 4.78 is 0. The fourth-order valence-electron chi connectivity index (χ4n) is 4.52. The number of rotatable bonds is 0. The van der Waals surface area contributed by atoms with E-state index in [4.69, 9.17) is 0 Å². The number of hydrogen-bond donors (Lipinski definition) is 2. The Labute approximate surface area is 140 Å². The molecule has 5 rings (SSSR count). The maximum absolute atomic E-state index is 13.0. The molecule has 0 unspecified atom stereocenters. The Morgan fingerprint density at radius 3 is 1.17 bits per heavy atom. The zero-order chi connectivity index (χ0) is 16.4. The number of carbonyl (C=O) groups excluding carboxylic acids is 2. The van der Waals surface area contributed by atoms with Crippen molar-refractivity contribution in [3.8, 4) is 0 Å². The van der Waals surface area contributed by atoms with Crippen molar-refractivity contribution < 1.29 is 9.59 Å². The second kappa shape index (κ2) is 4.47. The van der Waals surface area contributed by atoms with Crippen LogP contribution in [0.3, 0.4) is 0 Å². The second-order valence-electron chi connectivity index (χ2n) is 7.32. The van der Waals surface area contributed by atoms with Crippen molar-refractivity contribution in [3.63, 3.8) is 0 Å². The first-order chi connectivity index (χ1) is 11.6. The molecule has 2 aromatic carbocycles. The minimum Gasteiger partial charge on any atom is -0.339 e. The highest BCUT2D eigenvalue weighted by Crippen LogP contribution is 2.37. The Bertz CT molecular complexity index is 763. The van der Waals surface area contributed by atoms with E-state index in [1.807, 2.05) is 48.5 Å². The average Bonchev–Trinajstić information content (AvgIpc) is 3.12. The van der Waals surface area contributed by atoms with Crippen LogP contribution < -0.4 is 10.6 Å². The van der Waals surface area contributed by atoms with Gasteiger partial charge in [-0.3, -0.25) is 9.59 Å². The lowest BCUT2D eigenvalue weighted by Gasteiger charge is -2.42. The van der Waals surface area contributed by atoms with Crippen LogP contribution in [0.5, 0.6) is 0 Å². The normalized spacial score (nSPS) is 22.2. The summed E-state index contributed by atoms with van der Waals surface area (Å²) in [5.74, 6) is -0.0998. The predicted molar refractivity (Wildman–Crippen MR) is 89.4 cm³/mol. The first-order valence-electron chi connectivity index (χ1n) is 8.39. The Balaban J connectivity index is 1.47. The van der Waals surface area contributed by atoms with Gasteiger partial charge in [-0.2, -0.15) is 0 Å². The number of hydrogen-bond acceptors (Lipinski definition) is 2. The molecular weight excluding hydrogens is 300 g/mol. The zero-order valence-electron chi connectivity index (χ0n) is 13.3. The van der Waals surface area contributed by atoms with E-state index in [1.165, 1.54) is 0 Å². The van der Waals surface area contributed by atoms with Gasteiger partial charge in [0.05, 0.1) is 0 Å². The summed E-state index contributed by atoms with van der Waals surface area (Å²) in [5.41, 5.74) is 2.97. The molecule has 0 bridgehead atoms. The summed E-state index contributed by atoms with van der Waals surface area (Å²) in [6.45, 7) is 0. The third-order valence-corrected chi connectivity index (χ3v) is 5.78. The molecule has 4 heteroatoms. The highest BCUT2D eigenvalue weighted by molar-refractivity contribution is 6.04. The number of fused-ring (bicyclic) bond motifs is 2. The van der Waals surface area contributed by atoms with E-state index < -0.39 is 11.1 Å². The van der Waals surface area contributed by atoms with Crippen LogP contribution >= 0.6 is 0 Å². The van der Waals surface area contributed by atoms with E-state index in [9.17, 15) is 9.59 Å². The third kappa shape index (κ3) is 1.74. The van der Waals surface area contributed by atoms with E-state index >= 15 is 0 Å². The van der Waals surface area contributed by atoms with Gasteiger partial charge >= 0.3 is 0 Å². The average molecular weight is 318 g/mol. The van der Waals surface area contributed by atoms with Crippen molar-refractivity contribution in [2.45, 2.75) is 36.8 Å². The van der Waals surface area contributed by atoms with E-state index in [0.29, 0.717) is 25.7 Å². The van der Waals surface area contributed by atoms with Gasteiger partial charge < -0.3 is 10.6 Å². The Morgan fingerprint density at radius 2 is 0.875 bits per heavy atom. The van der Waals surface area contributed by atoms with Crippen LogP contribution in [0.15, 0.2) is 48.5 Å². The van der Waals surface area contributed by atoms with Crippen LogP contribution in [0, 0.1) is 0 Å². The van der Waals surface area contributed by atoms with Crippen LogP contribution in [0.4, 0.5) is 0 Å². The summed E-state index contributed by atoms with van der Waals surface area (Å²) in [5, 5.41) is 6.21. The SMILES string of the molecule is O=C1NC2(Cc3ccccc3C2)C(=O)NC12Cc1ccccc1C2. The molecule has 0 aromatic heterocycles. The van der Waals surface area contributed by atoms with Crippen molar-refractivity contribution in [3.05, 3.63) is 70.8 Å². The lowest BCUT2D eigenvalue weighted by molar-refractivity contribution is -0.145.